The van der Waals surface area contributed by atoms with Gasteiger partial charge in [-0.1, -0.05) is 0 Å². The first-order valence-electron chi connectivity index (χ1n) is 1.20. The summed E-state index contributed by atoms with van der Waals surface area (Å²) in [6, 6.07) is 0. The Hall–Kier alpha value is -0.750. The van der Waals surface area contributed by atoms with Crippen molar-refractivity contribution in [3.8, 4) is 0 Å². The normalized spacial score (nSPS) is 2.60. The van der Waals surface area contributed by atoms with Gasteiger partial charge in [0.1, 0.15) is 5.78 Å². The Labute approximate surface area is 54.0 Å². The quantitative estimate of drug-likeness (QED) is 0.514. The highest BCUT2D eigenvalue weighted by Crippen LogP contribution is 1.50. The molecule has 0 unspecified atom stereocenters. The zero-order valence-corrected chi connectivity index (χ0v) is 5.36. The number of Topliss-reactive ketones (excluding diaryl/α,β-unsaturated/α-hetero) is 1. The molecule has 0 radical (unpaired) electrons. The van der Waals surface area contributed by atoms with Crippen molar-refractivity contribution in [2.24, 2.45) is 0 Å². The highest BCUT2D eigenvalue weighted by atomic mass is 19.0. The Morgan fingerprint density at radius 2 is 0.700 bits per heavy atom. The summed E-state index contributed by atoms with van der Waals surface area (Å²) in [6.07, 6.45) is 0. The molecule has 0 aliphatic rings. The predicted molar refractivity (Wildman–Crippen MR) is 31.4 cm³/mol. The van der Waals surface area contributed by atoms with Gasteiger partial charge in [-0.2, -0.15) is 0 Å². The van der Waals surface area contributed by atoms with Gasteiger partial charge >= 0.3 is 0 Å². The summed E-state index contributed by atoms with van der Waals surface area (Å²) < 4.78 is 0. The summed E-state index contributed by atoms with van der Waals surface area (Å²) in [7, 11) is 0. The monoisotopic (exact) mass is 178 g/mol. The largest absolute Gasteiger partial charge is 0.300 e. The maximum Gasteiger partial charge on any atom is 0.126 e. The van der Waals surface area contributed by atoms with Crippen LogP contribution in [0, 0.1) is 0 Å². The molecule has 0 aromatic carbocycles. The van der Waals surface area contributed by atoms with Crippen LogP contribution in [-0.2, 0) is 4.79 Å². The summed E-state index contributed by atoms with van der Waals surface area (Å²) in [5.74, 6) is 0.167. The van der Waals surface area contributed by atoms with Crippen molar-refractivity contribution in [1.82, 2.24) is 0 Å². The fourth-order valence-corrected chi connectivity index (χ4v) is 0. The molecule has 0 N–H and O–H groups in total. The van der Waals surface area contributed by atoms with E-state index in [-0.39, 0.29) is 34.0 Å². The van der Waals surface area contributed by atoms with Crippen molar-refractivity contribution in [2.75, 3.05) is 0 Å². The minimum atomic E-state index is 0. The molecule has 72 valence electrons. The van der Waals surface area contributed by atoms with Crippen LogP contribution in [0.25, 0.3) is 0 Å². The third-order valence-corrected chi connectivity index (χ3v) is 0. The lowest BCUT2D eigenvalue weighted by molar-refractivity contribution is -0.114. The van der Waals surface area contributed by atoms with Crippen molar-refractivity contribution < 1.29 is 33.0 Å². The molecular formula is C3H12F6O. The molecule has 0 amide bonds. The fraction of sp³-hybridized carbons (Fsp3) is 0.667. The zero-order chi connectivity index (χ0) is 3.58. The third kappa shape index (κ3) is 503. The Bertz CT molecular complexity index is 36.0. The van der Waals surface area contributed by atoms with Gasteiger partial charge in [0.2, 0.25) is 0 Å². The average Bonchev–Trinajstić information content (AvgIpc) is 0.811. The van der Waals surface area contributed by atoms with Crippen molar-refractivity contribution in [1.29, 1.82) is 0 Å². The number of halogens is 6. The predicted octanol–water partition coefficient (Wildman–Crippen LogP) is 1.51. The van der Waals surface area contributed by atoms with Crippen LogP contribution in [0.4, 0.5) is 28.2 Å². The molecule has 0 aromatic heterocycles. The number of carbonyl (C=O) groups excluding carboxylic acids is 1. The molecule has 7 heteroatoms. The Morgan fingerprint density at radius 3 is 0.700 bits per heavy atom. The Morgan fingerprint density at radius 1 is 0.700 bits per heavy atom. The molecule has 0 aliphatic heterocycles. The van der Waals surface area contributed by atoms with Gasteiger partial charge in [0.05, 0.1) is 0 Å². The minimum Gasteiger partial charge on any atom is -0.300 e. The van der Waals surface area contributed by atoms with Crippen molar-refractivity contribution in [3.63, 3.8) is 0 Å². The molecule has 1 nitrogen and oxygen atoms in total. The second kappa shape index (κ2) is 85.7. The lowest BCUT2D eigenvalue weighted by Gasteiger charge is -1.56. The highest BCUT2D eigenvalue weighted by Gasteiger charge is 1.62. The third-order valence-electron chi connectivity index (χ3n) is 0. The van der Waals surface area contributed by atoms with Gasteiger partial charge in [0.25, 0.3) is 0 Å². The second-order valence-electron chi connectivity index (χ2n) is 0.908. The maximum atomic E-state index is 9.44. The first kappa shape index (κ1) is 124. The molecule has 0 saturated heterocycles. The van der Waals surface area contributed by atoms with Crippen LogP contribution in [0.5, 0.6) is 0 Å². The van der Waals surface area contributed by atoms with E-state index in [1.165, 1.54) is 13.8 Å². The fourth-order valence-electron chi connectivity index (χ4n) is 0. The van der Waals surface area contributed by atoms with Crippen molar-refractivity contribution >= 4 is 5.78 Å². The van der Waals surface area contributed by atoms with Gasteiger partial charge in [-0.05, 0) is 13.8 Å². The van der Waals surface area contributed by atoms with Gasteiger partial charge in [0, 0.05) is 0 Å². The summed E-state index contributed by atoms with van der Waals surface area (Å²) in [5.41, 5.74) is 0. The summed E-state index contributed by atoms with van der Waals surface area (Å²) in [4.78, 5) is 9.44. The topological polar surface area (TPSA) is 17.1 Å². The molecule has 0 heterocycles. The van der Waals surface area contributed by atoms with E-state index in [0.717, 1.165) is 0 Å². The first-order valence-corrected chi connectivity index (χ1v) is 1.20. The Balaban J connectivity index is -0.00000000300. The van der Waals surface area contributed by atoms with Crippen LogP contribution in [0.3, 0.4) is 0 Å². The van der Waals surface area contributed by atoms with Crippen LogP contribution in [0.2, 0.25) is 0 Å². The molecule has 0 rings (SSSR count). The lowest BCUT2D eigenvalue weighted by Crippen LogP contribution is -1.69. The maximum absolute atomic E-state index is 9.44. The van der Waals surface area contributed by atoms with Gasteiger partial charge in [-0.3, -0.25) is 28.2 Å². The molecular weight excluding hydrogens is 166 g/mol. The van der Waals surface area contributed by atoms with Crippen LogP contribution < -0.4 is 0 Å². The van der Waals surface area contributed by atoms with Crippen LogP contribution in [0.1, 0.15) is 13.8 Å². The first-order chi connectivity index (χ1) is 1.73. The van der Waals surface area contributed by atoms with Crippen molar-refractivity contribution in [3.05, 3.63) is 0 Å². The molecule has 0 saturated carbocycles. The molecule has 0 fully saturated rings. The second-order valence-corrected chi connectivity index (χ2v) is 0.908. The number of ketones is 1. The molecule has 0 aliphatic carbocycles. The summed E-state index contributed by atoms with van der Waals surface area (Å²) in [5, 5.41) is 0. The molecule has 0 bridgehead atoms. The van der Waals surface area contributed by atoms with E-state index in [2.05, 4.69) is 0 Å². The highest BCUT2D eigenvalue weighted by molar-refractivity contribution is 5.72. The minimum absolute atomic E-state index is 0. The van der Waals surface area contributed by atoms with E-state index in [4.69, 9.17) is 0 Å². The van der Waals surface area contributed by atoms with Gasteiger partial charge < -0.3 is 4.79 Å². The molecule has 0 aromatic rings. The molecule has 0 atom stereocenters. The van der Waals surface area contributed by atoms with E-state index >= 15 is 0 Å². The Kier molecular flexibility index (Phi) is 1070. The number of rotatable bonds is 0. The molecule has 0 spiro atoms. The number of carbonyl (C=O) groups is 1. The van der Waals surface area contributed by atoms with Gasteiger partial charge in [0.15, 0.2) is 0 Å². The van der Waals surface area contributed by atoms with Crippen LogP contribution in [-0.4, -0.2) is 5.78 Å². The lowest BCUT2D eigenvalue weighted by atomic mass is 10.6. The molecule has 10 heavy (non-hydrogen) atoms. The van der Waals surface area contributed by atoms with Crippen LogP contribution in [0.15, 0.2) is 0 Å². The van der Waals surface area contributed by atoms with Gasteiger partial charge in [-0.15, -0.1) is 0 Å². The zero-order valence-electron chi connectivity index (χ0n) is 5.36. The smallest absolute Gasteiger partial charge is 0.126 e. The van der Waals surface area contributed by atoms with Gasteiger partial charge in [-0.25, -0.2) is 0 Å². The van der Waals surface area contributed by atoms with E-state index in [1.54, 1.807) is 0 Å². The van der Waals surface area contributed by atoms with Crippen LogP contribution >= 0.6 is 0 Å². The van der Waals surface area contributed by atoms with E-state index in [0.29, 0.717) is 0 Å². The van der Waals surface area contributed by atoms with E-state index in [1.807, 2.05) is 0 Å². The van der Waals surface area contributed by atoms with E-state index in [9.17, 15) is 4.79 Å². The average molecular weight is 178 g/mol. The van der Waals surface area contributed by atoms with Crippen molar-refractivity contribution in [2.45, 2.75) is 13.8 Å². The SMILES string of the molecule is CC(C)=O.F.F.F.F.F.F. The summed E-state index contributed by atoms with van der Waals surface area (Å²) in [6.45, 7) is 3.06. The standard InChI is InChI=1S/C3H6O.6FH/c1-3(2)4;;;;;;/h1-2H3;6*1H. The number of hydrogen-bond donors (Lipinski definition) is 0. The number of hydrogen-bond acceptors (Lipinski definition) is 1. The van der Waals surface area contributed by atoms with E-state index < -0.39 is 0 Å². The summed E-state index contributed by atoms with van der Waals surface area (Å²) >= 11 is 0.